The Morgan fingerprint density at radius 3 is 2.56 bits per heavy atom. The Balaban J connectivity index is 1.49. The average Bonchev–Trinajstić information content (AvgIpc) is 2.70. The summed E-state index contributed by atoms with van der Waals surface area (Å²) in [4.78, 5) is 6.58. The van der Waals surface area contributed by atoms with Gasteiger partial charge in [-0.2, -0.15) is 0 Å². The van der Waals surface area contributed by atoms with Gasteiger partial charge in [0.2, 0.25) is 0 Å². The number of nitrogens with one attached hydrogen (secondary N) is 1. The van der Waals surface area contributed by atoms with Gasteiger partial charge in [0.05, 0.1) is 7.11 Å². The molecule has 0 bridgehead atoms. The van der Waals surface area contributed by atoms with Gasteiger partial charge in [-0.15, -0.1) is 0 Å². The maximum atomic E-state index is 13.8. The maximum Gasteiger partial charge on any atom is 0.193 e. The second-order valence-corrected chi connectivity index (χ2v) is 6.49. The van der Waals surface area contributed by atoms with E-state index in [1.807, 2.05) is 36.4 Å². The zero-order valence-corrected chi connectivity index (χ0v) is 15.8. The number of aliphatic imine (C=N–C) groups is 1. The molecule has 0 saturated carbocycles. The Morgan fingerprint density at radius 1 is 1.19 bits per heavy atom. The maximum absolute atomic E-state index is 13.8. The van der Waals surface area contributed by atoms with E-state index in [-0.39, 0.29) is 17.7 Å². The van der Waals surface area contributed by atoms with E-state index in [1.165, 1.54) is 13.2 Å². The lowest BCUT2D eigenvalue weighted by Crippen LogP contribution is -2.47. The Kier molecular flexibility index (Phi) is 6.52. The van der Waals surface area contributed by atoms with Crippen molar-refractivity contribution in [2.45, 2.75) is 25.5 Å². The number of nitrogens with zero attached hydrogens (tertiary/aromatic N) is 2. The summed E-state index contributed by atoms with van der Waals surface area (Å²) in [5.74, 6) is 1.64. The first-order chi connectivity index (χ1) is 13.2. The first kappa shape index (κ1) is 19.0. The van der Waals surface area contributed by atoms with E-state index in [1.54, 1.807) is 13.1 Å². The summed E-state index contributed by atoms with van der Waals surface area (Å²) in [5, 5.41) is 3.31. The number of guanidine groups is 1. The molecule has 144 valence electrons. The van der Waals surface area contributed by atoms with E-state index >= 15 is 0 Å². The molecule has 2 aromatic rings. The van der Waals surface area contributed by atoms with Crippen molar-refractivity contribution in [3.63, 3.8) is 0 Å². The van der Waals surface area contributed by atoms with Gasteiger partial charge < -0.3 is 19.7 Å². The first-order valence-electron chi connectivity index (χ1n) is 9.19. The number of methoxy groups -OCH3 is 1. The minimum atomic E-state index is -0.356. The van der Waals surface area contributed by atoms with Crippen LogP contribution in [0.1, 0.15) is 18.4 Å². The Morgan fingerprint density at radius 2 is 1.93 bits per heavy atom. The van der Waals surface area contributed by atoms with Crippen LogP contribution in [0.4, 0.5) is 4.39 Å². The number of hydrogen-bond donors (Lipinski definition) is 1. The molecule has 1 heterocycles. The molecule has 0 aromatic heterocycles. The normalized spacial score (nSPS) is 15.5. The van der Waals surface area contributed by atoms with Crippen molar-refractivity contribution in [2.24, 2.45) is 4.99 Å². The van der Waals surface area contributed by atoms with Gasteiger partial charge in [0.1, 0.15) is 11.9 Å². The van der Waals surface area contributed by atoms with Gasteiger partial charge in [-0.25, -0.2) is 4.39 Å². The minimum absolute atomic E-state index is 0.220. The molecule has 0 spiro atoms. The Hall–Kier alpha value is -2.76. The van der Waals surface area contributed by atoms with Crippen LogP contribution in [0.15, 0.2) is 53.5 Å². The quantitative estimate of drug-likeness (QED) is 0.646. The molecule has 2 aromatic carbocycles. The number of piperidine rings is 1. The third-order valence-corrected chi connectivity index (χ3v) is 4.67. The second kappa shape index (κ2) is 9.26. The number of halogens is 1. The Bertz CT molecular complexity index is 759. The van der Waals surface area contributed by atoms with Crippen LogP contribution < -0.4 is 14.8 Å². The standard InChI is InChI=1S/C21H26FN3O2/c1-23-21(24-15-16-8-9-20(26-2)19(22)14-16)25-12-10-18(11-13-25)27-17-6-4-3-5-7-17/h3-9,14,18H,10-13,15H2,1-2H3,(H,23,24). The number of likely N-dealkylation sites (tertiary alicyclic amines) is 1. The molecule has 6 heteroatoms. The SMILES string of the molecule is CN=C(NCc1ccc(OC)c(F)c1)N1CCC(Oc2ccccc2)CC1. The monoisotopic (exact) mass is 371 g/mol. The van der Waals surface area contributed by atoms with E-state index in [2.05, 4.69) is 15.2 Å². The highest BCUT2D eigenvalue weighted by Crippen LogP contribution is 2.19. The largest absolute Gasteiger partial charge is 0.494 e. The summed E-state index contributed by atoms with van der Waals surface area (Å²) in [5.41, 5.74) is 0.844. The lowest BCUT2D eigenvalue weighted by Gasteiger charge is -2.34. The fourth-order valence-corrected chi connectivity index (χ4v) is 3.21. The number of para-hydroxylation sites is 1. The van der Waals surface area contributed by atoms with Gasteiger partial charge in [-0.3, -0.25) is 4.99 Å². The van der Waals surface area contributed by atoms with E-state index in [0.717, 1.165) is 43.2 Å². The van der Waals surface area contributed by atoms with Crippen molar-refractivity contribution < 1.29 is 13.9 Å². The van der Waals surface area contributed by atoms with Crippen LogP contribution in [0.5, 0.6) is 11.5 Å². The molecule has 1 fully saturated rings. The van der Waals surface area contributed by atoms with E-state index < -0.39 is 0 Å². The molecule has 0 amide bonds. The summed E-state index contributed by atoms with van der Waals surface area (Å²) in [6.07, 6.45) is 2.09. The van der Waals surface area contributed by atoms with Gasteiger partial charge in [-0.1, -0.05) is 24.3 Å². The molecule has 1 aliphatic rings. The van der Waals surface area contributed by atoms with Crippen LogP contribution in [0.2, 0.25) is 0 Å². The number of hydrogen-bond acceptors (Lipinski definition) is 3. The predicted octanol–water partition coefficient (Wildman–Crippen LogP) is 3.45. The minimum Gasteiger partial charge on any atom is -0.494 e. The number of ether oxygens (including phenoxy) is 2. The third-order valence-electron chi connectivity index (χ3n) is 4.67. The molecule has 1 saturated heterocycles. The zero-order valence-electron chi connectivity index (χ0n) is 15.8. The molecular weight excluding hydrogens is 345 g/mol. The smallest absolute Gasteiger partial charge is 0.193 e. The van der Waals surface area contributed by atoms with Gasteiger partial charge in [0.25, 0.3) is 0 Å². The fraction of sp³-hybridized carbons (Fsp3) is 0.381. The summed E-state index contributed by atoms with van der Waals surface area (Å²) in [6, 6.07) is 14.9. The van der Waals surface area contributed by atoms with Crippen molar-refractivity contribution in [3.05, 3.63) is 59.9 Å². The summed E-state index contributed by atoms with van der Waals surface area (Å²) in [7, 11) is 3.23. The molecule has 0 unspecified atom stereocenters. The second-order valence-electron chi connectivity index (χ2n) is 6.49. The lowest BCUT2D eigenvalue weighted by atomic mass is 10.1. The van der Waals surface area contributed by atoms with E-state index in [0.29, 0.717) is 6.54 Å². The van der Waals surface area contributed by atoms with Crippen LogP contribution in [0, 0.1) is 5.82 Å². The number of rotatable bonds is 5. The van der Waals surface area contributed by atoms with E-state index in [4.69, 9.17) is 9.47 Å². The number of benzene rings is 2. The molecule has 1 N–H and O–H groups in total. The molecular formula is C21H26FN3O2. The van der Waals surface area contributed by atoms with Gasteiger partial charge in [0, 0.05) is 39.5 Å². The van der Waals surface area contributed by atoms with Crippen molar-refractivity contribution in [1.82, 2.24) is 10.2 Å². The highest BCUT2D eigenvalue weighted by molar-refractivity contribution is 5.80. The fourth-order valence-electron chi connectivity index (χ4n) is 3.21. The van der Waals surface area contributed by atoms with Crippen LogP contribution in [0.25, 0.3) is 0 Å². The molecule has 0 aliphatic carbocycles. The average molecular weight is 371 g/mol. The van der Waals surface area contributed by atoms with Crippen molar-refractivity contribution in [3.8, 4) is 11.5 Å². The molecule has 0 atom stereocenters. The van der Waals surface area contributed by atoms with Gasteiger partial charge >= 0.3 is 0 Å². The van der Waals surface area contributed by atoms with Crippen LogP contribution in [-0.4, -0.2) is 44.2 Å². The summed E-state index contributed by atoms with van der Waals surface area (Å²) in [6.45, 7) is 2.25. The van der Waals surface area contributed by atoms with Crippen molar-refractivity contribution in [2.75, 3.05) is 27.2 Å². The van der Waals surface area contributed by atoms with Crippen molar-refractivity contribution in [1.29, 1.82) is 0 Å². The summed E-state index contributed by atoms with van der Waals surface area (Å²) >= 11 is 0. The van der Waals surface area contributed by atoms with E-state index in [9.17, 15) is 4.39 Å². The summed E-state index contributed by atoms with van der Waals surface area (Å²) < 4.78 is 24.8. The third kappa shape index (κ3) is 5.12. The predicted molar refractivity (Wildman–Crippen MR) is 105 cm³/mol. The van der Waals surface area contributed by atoms with Gasteiger partial charge in [-0.05, 0) is 29.8 Å². The molecule has 0 radical (unpaired) electrons. The zero-order chi connectivity index (χ0) is 19.1. The highest BCUT2D eigenvalue weighted by Gasteiger charge is 2.22. The molecule has 3 rings (SSSR count). The Labute approximate surface area is 159 Å². The molecule has 1 aliphatic heterocycles. The van der Waals surface area contributed by atoms with Crippen LogP contribution >= 0.6 is 0 Å². The van der Waals surface area contributed by atoms with Crippen molar-refractivity contribution >= 4 is 5.96 Å². The highest BCUT2D eigenvalue weighted by atomic mass is 19.1. The lowest BCUT2D eigenvalue weighted by molar-refractivity contribution is 0.129. The first-order valence-corrected chi connectivity index (χ1v) is 9.19. The molecule has 5 nitrogen and oxygen atoms in total. The van der Waals surface area contributed by atoms with Crippen LogP contribution in [0.3, 0.4) is 0 Å². The van der Waals surface area contributed by atoms with Crippen LogP contribution in [-0.2, 0) is 6.54 Å². The van der Waals surface area contributed by atoms with Gasteiger partial charge in [0.15, 0.2) is 17.5 Å². The topological polar surface area (TPSA) is 46.1 Å². The molecule has 27 heavy (non-hydrogen) atoms.